The minimum Gasteiger partial charge on any atom is -0.316 e. The minimum absolute atomic E-state index is 0.467. The summed E-state index contributed by atoms with van der Waals surface area (Å²) in [7, 11) is 0. The van der Waals surface area contributed by atoms with Gasteiger partial charge in [-0.2, -0.15) is 0 Å². The maximum absolute atomic E-state index is 3.57. The van der Waals surface area contributed by atoms with Crippen LogP contribution < -0.4 is 5.32 Å². The van der Waals surface area contributed by atoms with Crippen LogP contribution in [0, 0.1) is 0 Å². The normalized spacial score (nSPS) is 29.4. The van der Waals surface area contributed by atoms with Crippen LogP contribution in [0.4, 0.5) is 0 Å². The van der Waals surface area contributed by atoms with E-state index in [9.17, 15) is 0 Å². The zero-order chi connectivity index (χ0) is 10.3. The molecular weight excluding hydrogens is 250 g/mol. The van der Waals surface area contributed by atoms with Crippen molar-refractivity contribution < 1.29 is 0 Å². The summed E-state index contributed by atoms with van der Waals surface area (Å²) < 4.78 is 1.23. The summed E-state index contributed by atoms with van der Waals surface area (Å²) in [5.74, 6) is 0. The molecule has 1 saturated heterocycles. The molecule has 80 valence electrons. The number of rotatable bonds is 0. The quantitative estimate of drug-likeness (QED) is 0.761. The van der Waals surface area contributed by atoms with E-state index in [4.69, 9.17) is 0 Å². The van der Waals surface area contributed by atoms with Gasteiger partial charge in [-0.15, -0.1) is 0 Å². The fourth-order valence-corrected chi connectivity index (χ4v) is 3.63. The van der Waals surface area contributed by atoms with Crippen molar-refractivity contribution in [3.8, 4) is 0 Å². The van der Waals surface area contributed by atoms with Crippen LogP contribution in [0.3, 0.4) is 0 Å². The smallest absolute Gasteiger partial charge is 0.0178 e. The van der Waals surface area contributed by atoms with Crippen LogP contribution in [0.5, 0.6) is 0 Å². The standard InChI is InChI=1S/C13H16BrN/c14-11-3-4-12-10(8-11)2-1-5-13(12)6-7-15-9-13/h3-4,8,15H,1-2,5-7,9H2/t13-/m1/s1. The van der Waals surface area contributed by atoms with E-state index < -0.39 is 0 Å². The molecule has 0 saturated carbocycles. The van der Waals surface area contributed by atoms with Gasteiger partial charge in [0.05, 0.1) is 0 Å². The molecule has 2 heteroatoms. The Labute approximate surface area is 99.4 Å². The van der Waals surface area contributed by atoms with Crippen LogP contribution in [0.1, 0.15) is 30.4 Å². The number of hydrogen-bond donors (Lipinski definition) is 1. The van der Waals surface area contributed by atoms with Crippen LogP contribution in [-0.2, 0) is 11.8 Å². The van der Waals surface area contributed by atoms with Crippen molar-refractivity contribution in [2.24, 2.45) is 0 Å². The molecule has 0 bridgehead atoms. The molecule has 1 aromatic carbocycles. The highest BCUT2D eigenvalue weighted by Gasteiger charge is 2.38. The van der Waals surface area contributed by atoms with Crippen LogP contribution in [-0.4, -0.2) is 13.1 Å². The van der Waals surface area contributed by atoms with Gasteiger partial charge in [-0.1, -0.05) is 22.0 Å². The fourth-order valence-electron chi connectivity index (χ4n) is 3.23. The molecule has 2 aliphatic rings. The summed E-state index contributed by atoms with van der Waals surface area (Å²) in [5, 5.41) is 3.53. The van der Waals surface area contributed by atoms with Gasteiger partial charge < -0.3 is 5.32 Å². The van der Waals surface area contributed by atoms with Crippen molar-refractivity contribution in [3.63, 3.8) is 0 Å². The lowest BCUT2D eigenvalue weighted by atomic mass is 9.69. The Hall–Kier alpha value is -0.340. The average molecular weight is 266 g/mol. The molecule has 1 aliphatic heterocycles. The lowest BCUT2D eigenvalue weighted by molar-refractivity contribution is 0.393. The predicted molar refractivity (Wildman–Crippen MR) is 66.2 cm³/mol. The highest BCUT2D eigenvalue weighted by Crippen LogP contribution is 2.42. The van der Waals surface area contributed by atoms with Crippen molar-refractivity contribution in [2.75, 3.05) is 13.1 Å². The Morgan fingerprint density at radius 3 is 3.00 bits per heavy atom. The number of halogens is 1. The summed E-state index contributed by atoms with van der Waals surface area (Å²) in [4.78, 5) is 0. The first-order valence-electron chi connectivity index (χ1n) is 5.80. The third kappa shape index (κ3) is 1.55. The van der Waals surface area contributed by atoms with Crippen molar-refractivity contribution in [1.29, 1.82) is 0 Å². The summed E-state index contributed by atoms with van der Waals surface area (Å²) in [6.45, 7) is 2.37. The second-order valence-electron chi connectivity index (χ2n) is 4.86. The summed E-state index contributed by atoms with van der Waals surface area (Å²) >= 11 is 3.57. The molecule has 0 unspecified atom stereocenters. The van der Waals surface area contributed by atoms with Gasteiger partial charge in [0.2, 0.25) is 0 Å². The zero-order valence-electron chi connectivity index (χ0n) is 8.85. The molecule has 1 fully saturated rings. The molecule has 3 rings (SSSR count). The Balaban J connectivity index is 2.10. The van der Waals surface area contributed by atoms with Crippen LogP contribution in [0.25, 0.3) is 0 Å². The summed E-state index contributed by atoms with van der Waals surface area (Å²) in [6, 6.07) is 6.85. The molecule has 15 heavy (non-hydrogen) atoms. The van der Waals surface area contributed by atoms with Crippen LogP contribution in [0.15, 0.2) is 22.7 Å². The van der Waals surface area contributed by atoms with E-state index in [2.05, 4.69) is 39.4 Å². The Morgan fingerprint density at radius 1 is 1.27 bits per heavy atom. The molecule has 0 radical (unpaired) electrons. The Morgan fingerprint density at radius 2 is 2.20 bits per heavy atom. The molecule has 0 amide bonds. The molecule has 1 spiro atoms. The summed E-state index contributed by atoms with van der Waals surface area (Å²) in [5.41, 5.74) is 3.65. The van der Waals surface area contributed by atoms with Gasteiger partial charge in [0.1, 0.15) is 0 Å². The first-order chi connectivity index (χ1) is 7.30. The van der Waals surface area contributed by atoms with E-state index in [0.29, 0.717) is 5.41 Å². The zero-order valence-corrected chi connectivity index (χ0v) is 10.4. The highest BCUT2D eigenvalue weighted by atomic mass is 79.9. The number of benzene rings is 1. The second kappa shape index (κ2) is 3.60. The maximum atomic E-state index is 3.57. The van der Waals surface area contributed by atoms with Crippen molar-refractivity contribution in [1.82, 2.24) is 5.32 Å². The van der Waals surface area contributed by atoms with Gasteiger partial charge in [-0.25, -0.2) is 0 Å². The topological polar surface area (TPSA) is 12.0 Å². The van der Waals surface area contributed by atoms with E-state index in [1.165, 1.54) is 43.2 Å². The molecule has 1 nitrogen and oxygen atoms in total. The molecule has 1 N–H and O–H groups in total. The lowest BCUT2D eigenvalue weighted by Gasteiger charge is -2.35. The van der Waals surface area contributed by atoms with Gasteiger partial charge in [0.25, 0.3) is 0 Å². The number of nitrogens with one attached hydrogen (secondary N) is 1. The highest BCUT2D eigenvalue weighted by molar-refractivity contribution is 9.10. The van der Waals surface area contributed by atoms with E-state index in [1.54, 1.807) is 11.1 Å². The largest absolute Gasteiger partial charge is 0.316 e. The molecule has 1 aromatic rings. The van der Waals surface area contributed by atoms with Gasteiger partial charge in [-0.3, -0.25) is 0 Å². The van der Waals surface area contributed by atoms with Crippen molar-refractivity contribution >= 4 is 15.9 Å². The van der Waals surface area contributed by atoms with Gasteiger partial charge in [-0.05, 0) is 55.5 Å². The SMILES string of the molecule is Brc1ccc2c(c1)CCC[C@]21CCNC1. The minimum atomic E-state index is 0.467. The number of aryl methyl sites for hydroxylation is 1. The second-order valence-corrected chi connectivity index (χ2v) is 5.78. The lowest BCUT2D eigenvalue weighted by Crippen LogP contribution is -2.33. The van der Waals surface area contributed by atoms with E-state index in [-0.39, 0.29) is 0 Å². The third-order valence-corrected chi connectivity index (χ3v) is 4.48. The first kappa shape index (κ1) is 9.86. The third-order valence-electron chi connectivity index (χ3n) is 3.98. The van der Waals surface area contributed by atoms with Crippen LogP contribution in [0.2, 0.25) is 0 Å². The average Bonchev–Trinajstić information content (AvgIpc) is 2.67. The molecular formula is C13H16BrN. The fraction of sp³-hybridized carbons (Fsp3) is 0.538. The number of hydrogen-bond acceptors (Lipinski definition) is 1. The van der Waals surface area contributed by atoms with E-state index in [1.807, 2.05) is 0 Å². The van der Waals surface area contributed by atoms with Gasteiger partial charge >= 0.3 is 0 Å². The Bertz CT molecular complexity index is 380. The molecule has 1 heterocycles. The van der Waals surface area contributed by atoms with Crippen LogP contribution >= 0.6 is 15.9 Å². The van der Waals surface area contributed by atoms with Gasteiger partial charge in [0.15, 0.2) is 0 Å². The van der Waals surface area contributed by atoms with Gasteiger partial charge in [0, 0.05) is 16.4 Å². The first-order valence-corrected chi connectivity index (χ1v) is 6.59. The summed E-state index contributed by atoms with van der Waals surface area (Å²) in [6.07, 6.45) is 5.30. The van der Waals surface area contributed by atoms with Crippen molar-refractivity contribution in [2.45, 2.75) is 31.1 Å². The molecule has 1 aliphatic carbocycles. The van der Waals surface area contributed by atoms with Crippen molar-refractivity contribution in [3.05, 3.63) is 33.8 Å². The van der Waals surface area contributed by atoms with E-state index >= 15 is 0 Å². The number of fused-ring (bicyclic) bond motifs is 2. The van der Waals surface area contributed by atoms with E-state index in [0.717, 1.165) is 0 Å². The monoisotopic (exact) mass is 265 g/mol. The molecule has 1 atom stereocenters. The Kier molecular flexibility index (Phi) is 2.37. The molecule has 0 aromatic heterocycles. The maximum Gasteiger partial charge on any atom is 0.0178 e. The predicted octanol–water partition coefficient (Wildman–Crippen LogP) is 3.02.